The third-order valence-corrected chi connectivity index (χ3v) is 4.27. The third-order valence-electron chi connectivity index (χ3n) is 4.27. The van der Waals surface area contributed by atoms with Crippen LogP contribution in [0.3, 0.4) is 0 Å². The average Bonchev–Trinajstić information content (AvgIpc) is 2.88. The summed E-state index contributed by atoms with van der Waals surface area (Å²) in [6.07, 6.45) is 5.58. The number of aromatic nitrogens is 2. The van der Waals surface area contributed by atoms with Crippen molar-refractivity contribution in [1.82, 2.24) is 9.55 Å². The number of para-hydroxylation sites is 1. The second-order valence-electron chi connectivity index (χ2n) is 5.43. The Morgan fingerprint density at radius 2 is 2.05 bits per heavy atom. The summed E-state index contributed by atoms with van der Waals surface area (Å²) in [4.78, 5) is 16.5. The summed E-state index contributed by atoms with van der Waals surface area (Å²) in [7, 11) is 0. The van der Waals surface area contributed by atoms with Gasteiger partial charge in [0.25, 0.3) is 5.56 Å². The number of allylic oxidation sites excluding steroid dienone is 2. The molecule has 104 valence electrons. The molecule has 0 saturated carbocycles. The molecular weight excluding hydrogens is 248 g/mol. The molecule has 0 unspecified atom stereocenters. The second kappa shape index (κ2) is 5.23. The first-order valence-corrected chi connectivity index (χ1v) is 7.45. The molecule has 20 heavy (non-hydrogen) atoms. The van der Waals surface area contributed by atoms with Crippen LogP contribution in [-0.4, -0.2) is 9.55 Å². The van der Waals surface area contributed by atoms with Crippen LogP contribution >= 0.6 is 0 Å². The highest BCUT2D eigenvalue weighted by atomic mass is 16.1. The van der Waals surface area contributed by atoms with E-state index in [-0.39, 0.29) is 5.56 Å². The minimum Gasteiger partial charge on any atom is -0.325 e. The first kappa shape index (κ1) is 13.1. The predicted molar refractivity (Wildman–Crippen MR) is 82.7 cm³/mol. The minimum absolute atomic E-state index is 0.107. The lowest BCUT2D eigenvalue weighted by molar-refractivity contribution is 0.606. The molecular formula is C17H20N2O. The molecule has 0 bridgehead atoms. The zero-order chi connectivity index (χ0) is 14.1. The normalized spacial score (nSPS) is 16.2. The molecule has 3 nitrogen and oxygen atoms in total. The van der Waals surface area contributed by atoms with Crippen LogP contribution in [0.2, 0.25) is 0 Å². The SMILES string of the molecule is CCC(/C=C1\CCn2c1nc(=O)c1ccccc12)CC. The molecule has 0 radical (unpaired) electrons. The lowest BCUT2D eigenvalue weighted by atomic mass is 9.99. The van der Waals surface area contributed by atoms with E-state index in [0.29, 0.717) is 5.92 Å². The fourth-order valence-corrected chi connectivity index (χ4v) is 3.00. The van der Waals surface area contributed by atoms with Crippen molar-refractivity contribution in [2.75, 3.05) is 0 Å². The number of nitrogens with zero attached hydrogens (tertiary/aromatic N) is 2. The Bertz CT molecular complexity index is 723. The molecule has 0 fully saturated rings. The molecule has 0 spiro atoms. The highest BCUT2D eigenvalue weighted by Crippen LogP contribution is 2.29. The molecule has 1 aliphatic heterocycles. The molecule has 0 atom stereocenters. The molecule has 3 rings (SSSR count). The highest BCUT2D eigenvalue weighted by Gasteiger charge is 2.20. The number of hydrogen-bond donors (Lipinski definition) is 0. The lowest BCUT2D eigenvalue weighted by Crippen LogP contribution is -2.14. The van der Waals surface area contributed by atoms with E-state index >= 15 is 0 Å². The topological polar surface area (TPSA) is 34.9 Å². The first-order valence-electron chi connectivity index (χ1n) is 7.45. The Morgan fingerprint density at radius 1 is 1.30 bits per heavy atom. The quantitative estimate of drug-likeness (QED) is 0.852. The Balaban J connectivity index is 2.18. The maximum absolute atomic E-state index is 12.2. The van der Waals surface area contributed by atoms with Crippen LogP contribution in [0.4, 0.5) is 0 Å². The van der Waals surface area contributed by atoms with E-state index in [1.54, 1.807) is 0 Å². The van der Waals surface area contributed by atoms with Gasteiger partial charge in [0.05, 0.1) is 10.9 Å². The number of hydrogen-bond acceptors (Lipinski definition) is 2. The number of benzene rings is 1. The van der Waals surface area contributed by atoms with Crippen molar-refractivity contribution in [1.29, 1.82) is 0 Å². The van der Waals surface area contributed by atoms with Gasteiger partial charge < -0.3 is 4.57 Å². The summed E-state index contributed by atoms with van der Waals surface area (Å²) >= 11 is 0. The third kappa shape index (κ3) is 2.07. The largest absolute Gasteiger partial charge is 0.325 e. The minimum atomic E-state index is -0.107. The van der Waals surface area contributed by atoms with E-state index in [9.17, 15) is 4.79 Å². The van der Waals surface area contributed by atoms with Crippen molar-refractivity contribution >= 4 is 16.5 Å². The standard InChI is InChI=1S/C17H20N2O/c1-3-12(4-2)11-13-9-10-19-15-8-6-5-7-14(15)17(20)18-16(13)19/h5-8,11-12H,3-4,9-10H2,1-2H3/b13-11+. The first-order chi connectivity index (χ1) is 9.74. The van der Waals surface area contributed by atoms with E-state index < -0.39 is 0 Å². The molecule has 1 aromatic carbocycles. The van der Waals surface area contributed by atoms with Crippen LogP contribution in [0.1, 0.15) is 38.9 Å². The molecule has 2 heterocycles. The van der Waals surface area contributed by atoms with Crippen molar-refractivity contribution < 1.29 is 0 Å². The Hall–Kier alpha value is -1.90. The van der Waals surface area contributed by atoms with E-state index in [1.165, 1.54) is 5.57 Å². The van der Waals surface area contributed by atoms with Crippen LogP contribution in [-0.2, 0) is 6.54 Å². The zero-order valence-corrected chi connectivity index (χ0v) is 12.1. The number of rotatable bonds is 3. The van der Waals surface area contributed by atoms with Crippen molar-refractivity contribution in [3.8, 4) is 0 Å². The molecule has 2 aromatic rings. The fraction of sp³-hybridized carbons (Fsp3) is 0.412. The van der Waals surface area contributed by atoms with Gasteiger partial charge in [0.1, 0.15) is 5.82 Å². The number of aryl methyl sites for hydroxylation is 1. The molecule has 1 aromatic heterocycles. The van der Waals surface area contributed by atoms with E-state index in [0.717, 1.165) is 42.5 Å². The van der Waals surface area contributed by atoms with Gasteiger partial charge in [-0.2, -0.15) is 4.98 Å². The average molecular weight is 268 g/mol. The summed E-state index contributed by atoms with van der Waals surface area (Å²) in [5.74, 6) is 1.46. The zero-order valence-electron chi connectivity index (χ0n) is 12.1. The van der Waals surface area contributed by atoms with Crippen LogP contribution in [0, 0.1) is 5.92 Å². The molecule has 0 saturated heterocycles. The number of fused-ring (bicyclic) bond motifs is 3. The Morgan fingerprint density at radius 3 is 2.80 bits per heavy atom. The van der Waals surface area contributed by atoms with Crippen molar-refractivity contribution in [2.45, 2.75) is 39.7 Å². The summed E-state index contributed by atoms with van der Waals surface area (Å²) in [6, 6.07) is 7.76. The van der Waals surface area contributed by atoms with Gasteiger partial charge in [-0.1, -0.05) is 32.1 Å². The van der Waals surface area contributed by atoms with E-state index in [2.05, 4.69) is 29.5 Å². The van der Waals surface area contributed by atoms with Crippen LogP contribution < -0.4 is 5.56 Å². The van der Waals surface area contributed by atoms with Gasteiger partial charge in [-0.05, 0) is 42.9 Å². The van der Waals surface area contributed by atoms with E-state index in [4.69, 9.17) is 0 Å². The monoisotopic (exact) mass is 268 g/mol. The van der Waals surface area contributed by atoms with Gasteiger partial charge in [-0.25, -0.2) is 0 Å². The van der Waals surface area contributed by atoms with Crippen LogP contribution in [0.5, 0.6) is 0 Å². The van der Waals surface area contributed by atoms with Crippen LogP contribution in [0.15, 0.2) is 35.1 Å². The second-order valence-corrected chi connectivity index (χ2v) is 5.43. The van der Waals surface area contributed by atoms with Gasteiger partial charge in [0.15, 0.2) is 0 Å². The molecule has 0 N–H and O–H groups in total. The van der Waals surface area contributed by atoms with E-state index in [1.807, 2.05) is 24.3 Å². The lowest BCUT2D eigenvalue weighted by Gasteiger charge is -2.09. The van der Waals surface area contributed by atoms with Gasteiger partial charge >= 0.3 is 0 Å². The van der Waals surface area contributed by atoms with Crippen molar-refractivity contribution in [2.24, 2.45) is 5.92 Å². The Labute approximate surface area is 119 Å². The van der Waals surface area contributed by atoms with Gasteiger partial charge in [0.2, 0.25) is 0 Å². The summed E-state index contributed by atoms with van der Waals surface area (Å²) in [6.45, 7) is 5.34. The molecule has 1 aliphatic rings. The Kier molecular flexibility index (Phi) is 3.43. The highest BCUT2D eigenvalue weighted by molar-refractivity contribution is 5.81. The fourth-order valence-electron chi connectivity index (χ4n) is 3.00. The van der Waals surface area contributed by atoms with Crippen molar-refractivity contribution in [3.05, 3.63) is 46.5 Å². The smallest absolute Gasteiger partial charge is 0.281 e. The molecule has 3 heteroatoms. The van der Waals surface area contributed by atoms with Gasteiger partial charge in [0, 0.05) is 6.54 Å². The predicted octanol–water partition coefficient (Wildman–Crippen LogP) is 3.62. The van der Waals surface area contributed by atoms with Crippen LogP contribution in [0.25, 0.3) is 16.5 Å². The maximum Gasteiger partial charge on any atom is 0.281 e. The maximum atomic E-state index is 12.2. The van der Waals surface area contributed by atoms with Gasteiger partial charge in [-0.15, -0.1) is 0 Å². The molecule has 0 amide bonds. The summed E-state index contributed by atoms with van der Waals surface area (Å²) in [5, 5.41) is 0.722. The summed E-state index contributed by atoms with van der Waals surface area (Å²) < 4.78 is 2.19. The molecule has 0 aliphatic carbocycles. The van der Waals surface area contributed by atoms with Gasteiger partial charge in [-0.3, -0.25) is 4.79 Å². The van der Waals surface area contributed by atoms with Crippen molar-refractivity contribution in [3.63, 3.8) is 0 Å². The summed E-state index contributed by atoms with van der Waals surface area (Å²) in [5.41, 5.74) is 2.14.